The quantitative estimate of drug-likeness (QED) is 0.513. The molecule has 0 spiro atoms. The molecule has 1 N–H and O–H groups in total. The van der Waals surface area contributed by atoms with E-state index in [1.165, 1.54) is 20.5 Å². The second kappa shape index (κ2) is 7.44. The van der Waals surface area contributed by atoms with E-state index < -0.39 is 4.92 Å². The number of nitro groups is 1. The van der Waals surface area contributed by atoms with E-state index in [1.807, 2.05) is 0 Å². The summed E-state index contributed by atoms with van der Waals surface area (Å²) in [5.41, 5.74) is -0.324. The van der Waals surface area contributed by atoms with Crippen LogP contribution in [0.1, 0.15) is 0 Å². The predicted molar refractivity (Wildman–Crippen MR) is 66.4 cm³/mol. The van der Waals surface area contributed by atoms with Crippen molar-refractivity contribution in [2.24, 2.45) is 0 Å². The number of aliphatic hydroxyl groups excluding tert-OH is 1. The van der Waals surface area contributed by atoms with Gasteiger partial charge in [0.25, 0.3) is 5.88 Å². The average Bonchev–Trinajstić information content (AvgIpc) is 2.42. The lowest BCUT2D eigenvalue weighted by atomic mass is 10.4. The molecule has 19 heavy (non-hydrogen) atoms. The first kappa shape index (κ1) is 15.1. The summed E-state index contributed by atoms with van der Waals surface area (Å²) >= 11 is 0. The Hall–Kier alpha value is -2.00. The van der Waals surface area contributed by atoms with Crippen LogP contribution in [0.2, 0.25) is 0 Å². The van der Waals surface area contributed by atoms with Crippen LogP contribution in [0.4, 0.5) is 11.5 Å². The fourth-order valence-corrected chi connectivity index (χ4v) is 1.54. The molecule has 0 aliphatic rings. The summed E-state index contributed by atoms with van der Waals surface area (Å²) in [6, 6.07) is 0. The highest BCUT2D eigenvalue weighted by molar-refractivity contribution is 5.62. The highest BCUT2D eigenvalue weighted by atomic mass is 16.6. The third-order valence-electron chi connectivity index (χ3n) is 2.38. The first-order valence-corrected chi connectivity index (χ1v) is 5.53. The Bertz CT molecular complexity index is 428. The van der Waals surface area contributed by atoms with Gasteiger partial charge in [-0.3, -0.25) is 10.1 Å². The zero-order chi connectivity index (χ0) is 14.3. The molecule has 0 aliphatic heterocycles. The molecule has 1 heterocycles. The fraction of sp³-hybridized carbons (Fsp3) is 0.600. The van der Waals surface area contributed by atoms with Crippen molar-refractivity contribution in [2.45, 2.75) is 0 Å². The van der Waals surface area contributed by atoms with Crippen LogP contribution < -0.4 is 9.64 Å². The van der Waals surface area contributed by atoms with E-state index in [0.29, 0.717) is 13.2 Å². The van der Waals surface area contributed by atoms with Gasteiger partial charge >= 0.3 is 5.69 Å². The average molecular weight is 272 g/mol. The molecule has 0 bridgehead atoms. The molecule has 0 aliphatic carbocycles. The van der Waals surface area contributed by atoms with Crippen LogP contribution in [-0.4, -0.2) is 60.5 Å². The lowest BCUT2D eigenvalue weighted by molar-refractivity contribution is -0.385. The molecule has 1 aromatic rings. The van der Waals surface area contributed by atoms with Gasteiger partial charge in [-0.25, -0.2) is 4.98 Å². The van der Waals surface area contributed by atoms with Crippen molar-refractivity contribution in [3.8, 4) is 5.88 Å². The van der Waals surface area contributed by atoms with Crippen molar-refractivity contribution in [3.63, 3.8) is 0 Å². The summed E-state index contributed by atoms with van der Waals surface area (Å²) in [4.78, 5) is 19.7. The minimum Gasteiger partial charge on any atom is -0.476 e. The highest BCUT2D eigenvalue weighted by Gasteiger charge is 2.27. The standard InChI is InChI=1S/C10H16N4O5/c1-18-6-4-13(3-5-15)9-8(14(16)17)10(19-2)12-7-11-9/h7,15H,3-6H2,1-2H3. The maximum absolute atomic E-state index is 11.1. The molecular formula is C10H16N4O5. The Kier molecular flexibility index (Phi) is 5.90. The van der Waals surface area contributed by atoms with Crippen molar-refractivity contribution >= 4 is 11.5 Å². The van der Waals surface area contributed by atoms with Gasteiger partial charge in [-0.2, -0.15) is 4.98 Å². The number of hydrogen-bond donors (Lipinski definition) is 1. The van der Waals surface area contributed by atoms with Crippen molar-refractivity contribution < 1.29 is 19.5 Å². The molecule has 0 saturated heterocycles. The van der Waals surface area contributed by atoms with Gasteiger partial charge in [0.1, 0.15) is 6.33 Å². The Morgan fingerprint density at radius 1 is 1.42 bits per heavy atom. The van der Waals surface area contributed by atoms with Gasteiger partial charge in [0.2, 0.25) is 5.82 Å². The van der Waals surface area contributed by atoms with Crippen molar-refractivity contribution in [2.75, 3.05) is 45.4 Å². The molecule has 0 aromatic carbocycles. The fourth-order valence-electron chi connectivity index (χ4n) is 1.54. The number of ether oxygens (including phenoxy) is 2. The highest BCUT2D eigenvalue weighted by Crippen LogP contribution is 2.32. The maximum Gasteiger partial charge on any atom is 0.372 e. The maximum atomic E-state index is 11.1. The molecule has 0 radical (unpaired) electrons. The minimum atomic E-state index is -0.606. The Morgan fingerprint density at radius 3 is 2.68 bits per heavy atom. The number of aromatic nitrogens is 2. The SMILES string of the molecule is COCCN(CCO)c1ncnc(OC)c1[N+](=O)[O-]. The van der Waals surface area contributed by atoms with Crippen LogP contribution >= 0.6 is 0 Å². The molecule has 1 rings (SSSR count). The number of methoxy groups -OCH3 is 2. The van der Waals surface area contributed by atoms with E-state index in [4.69, 9.17) is 14.6 Å². The molecular weight excluding hydrogens is 256 g/mol. The second-order valence-corrected chi connectivity index (χ2v) is 3.52. The monoisotopic (exact) mass is 272 g/mol. The summed E-state index contributed by atoms with van der Waals surface area (Å²) in [7, 11) is 2.82. The Morgan fingerprint density at radius 2 is 2.16 bits per heavy atom. The molecule has 9 heteroatoms. The van der Waals surface area contributed by atoms with E-state index in [-0.39, 0.29) is 30.5 Å². The Balaban J connectivity index is 3.16. The number of hydrogen-bond acceptors (Lipinski definition) is 8. The van der Waals surface area contributed by atoms with Gasteiger partial charge in [-0.05, 0) is 0 Å². The normalized spacial score (nSPS) is 10.3. The van der Waals surface area contributed by atoms with Gasteiger partial charge in [0.15, 0.2) is 0 Å². The molecule has 0 fully saturated rings. The second-order valence-electron chi connectivity index (χ2n) is 3.52. The van der Waals surface area contributed by atoms with Gasteiger partial charge < -0.3 is 19.5 Å². The molecule has 9 nitrogen and oxygen atoms in total. The largest absolute Gasteiger partial charge is 0.476 e. The molecule has 0 amide bonds. The number of anilines is 1. The number of rotatable bonds is 8. The van der Waals surface area contributed by atoms with Crippen LogP contribution in [0.3, 0.4) is 0 Å². The summed E-state index contributed by atoms with van der Waals surface area (Å²) in [6.45, 7) is 0.749. The zero-order valence-corrected chi connectivity index (χ0v) is 10.8. The lowest BCUT2D eigenvalue weighted by Gasteiger charge is -2.22. The third kappa shape index (κ3) is 3.73. The predicted octanol–water partition coefficient (Wildman–Crippen LogP) is -0.161. The van der Waals surface area contributed by atoms with Gasteiger partial charge in [0.05, 0.1) is 25.2 Å². The number of aliphatic hydroxyl groups is 1. The van der Waals surface area contributed by atoms with E-state index >= 15 is 0 Å². The van der Waals surface area contributed by atoms with Crippen molar-refractivity contribution in [1.29, 1.82) is 0 Å². The van der Waals surface area contributed by atoms with Crippen LogP contribution in [0, 0.1) is 10.1 Å². The summed E-state index contributed by atoms with van der Waals surface area (Å²) < 4.78 is 9.80. The lowest BCUT2D eigenvalue weighted by Crippen LogP contribution is -2.31. The molecule has 0 atom stereocenters. The van der Waals surface area contributed by atoms with Crippen LogP contribution in [-0.2, 0) is 4.74 Å². The van der Waals surface area contributed by atoms with Gasteiger partial charge in [-0.1, -0.05) is 0 Å². The first-order valence-electron chi connectivity index (χ1n) is 5.53. The third-order valence-corrected chi connectivity index (χ3v) is 2.38. The van der Waals surface area contributed by atoms with Crippen molar-refractivity contribution in [1.82, 2.24) is 9.97 Å². The molecule has 106 valence electrons. The number of nitrogens with zero attached hydrogens (tertiary/aromatic N) is 4. The summed E-state index contributed by atoms with van der Waals surface area (Å²) in [6.07, 6.45) is 1.18. The van der Waals surface area contributed by atoms with Gasteiger partial charge in [0, 0.05) is 20.2 Å². The van der Waals surface area contributed by atoms with Gasteiger partial charge in [-0.15, -0.1) is 0 Å². The van der Waals surface area contributed by atoms with E-state index in [9.17, 15) is 10.1 Å². The van der Waals surface area contributed by atoms with Crippen LogP contribution in [0.15, 0.2) is 6.33 Å². The van der Waals surface area contributed by atoms with Crippen molar-refractivity contribution in [3.05, 3.63) is 16.4 Å². The first-order chi connectivity index (χ1) is 9.15. The van der Waals surface area contributed by atoms with E-state index in [2.05, 4.69) is 9.97 Å². The molecule has 0 unspecified atom stereocenters. The topological polar surface area (TPSA) is 111 Å². The molecule has 1 aromatic heterocycles. The smallest absolute Gasteiger partial charge is 0.372 e. The van der Waals surface area contributed by atoms with Crippen LogP contribution in [0.25, 0.3) is 0 Å². The minimum absolute atomic E-state index is 0.1000. The Labute approximate surface area is 109 Å². The van der Waals surface area contributed by atoms with Crippen LogP contribution in [0.5, 0.6) is 5.88 Å². The van der Waals surface area contributed by atoms with E-state index in [0.717, 1.165) is 0 Å². The molecule has 0 saturated carbocycles. The van der Waals surface area contributed by atoms with E-state index in [1.54, 1.807) is 4.90 Å². The summed E-state index contributed by atoms with van der Waals surface area (Å²) in [5.74, 6) is -0.0155. The zero-order valence-electron chi connectivity index (χ0n) is 10.8. The summed E-state index contributed by atoms with van der Waals surface area (Å²) in [5, 5.41) is 20.1.